The molecule has 0 spiro atoms. The largest absolute Gasteiger partial charge is 0.313 e. The van der Waals surface area contributed by atoms with Crippen molar-refractivity contribution < 1.29 is 8.78 Å². The summed E-state index contributed by atoms with van der Waals surface area (Å²) in [5.74, 6) is -1.36. The minimum absolute atomic E-state index is 0.167. The second-order valence-corrected chi connectivity index (χ2v) is 7.41. The maximum Gasteiger partial charge on any atom is 0.266 e. The minimum atomic E-state index is -0.704. The smallest absolute Gasteiger partial charge is 0.266 e. The first-order valence-electron chi connectivity index (χ1n) is 7.32. The number of aromatic nitrogens is 2. The lowest BCUT2D eigenvalue weighted by molar-refractivity contribution is 0.581. The molecule has 0 fully saturated rings. The van der Waals surface area contributed by atoms with Crippen LogP contribution in [0, 0.1) is 11.6 Å². The predicted octanol–water partition coefficient (Wildman–Crippen LogP) is 2.98. The number of fused-ring (bicyclic) bond motifs is 1. The van der Waals surface area contributed by atoms with Crippen LogP contribution in [-0.4, -0.2) is 9.97 Å². The molecule has 0 amide bonds. The number of para-hydroxylation sites is 1. The number of nitrogens with one attached hydrogen (secondary N) is 1. The van der Waals surface area contributed by atoms with Crippen molar-refractivity contribution in [3.8, 4) is 0 Å². The molecule has 1 N–H and O–H groups in total. The number of H-pyrrole nitrogens is 1. The van der Waals surface area contributed by atoms with Crippen LogP contribution in [0.25, 0.3) is 22.4 Å². The van der Waals surface area contributed by atoms with Crippen LogP contribution >= 0.6 is 22.7 Å². The first kappa shape index (κ1) is 15.9. The monoisotopic (exact) mass is 372 g/mol. The first-order valence-corrected chi connectivity index (χ1v) is 8.95. The molecule has 4 rings (SSSR count). The van der Waals surface area contributed by atoms with Crippen LogP contribution in [0.2, 0.25) is 0 Å². The molecule has 0 aliphatic carbocycles. The topological polar surface area (TPSA) is 45.8 Å². The van der Waals surface area contributed by atoms with Gasteiger partial charge in [-0.2, -0.15) is 0 Å². The molecule has 0 atom stereocenters. The number of thiazole rings is 2. The van der Waals surface area contributed by atoms with Gasteiger partial charge in [0.05, 0.1) is 19.4 Å². The van der Waals surface area contributed by atoms with E-state index in [9.17, 15) is 13.6 Å². The number of hydrogen-bond acceptors (Lipinski definition) is 4. The first-order chi connectivity index (χ1) is 12.1. The average Bonchev–Trinajstić information content (AvgIpc) is 3.13. The van der Waals surface area contributed by atoms with Gasteiger partial charge < -0.3 is 4.98 Å². The molecular weight excluding hydrogens is 362 g/mol. The molecule has 4 aromatic rings. The number of hydrogen-bond donors (Lipinski definition) is 1. The molecule has 0 saturated heterocycles. The van der Waals surface area contributed by atoms with Gasteiger partial charge in [-0.25, -0.2) is 13.8 Å². The van der Waals surface area contributed by atoms with E-state index in [0.717, 1.165) is 27.4 Å². The van der Waals surface area contributed by atoms with Crippen LogP contribution in [0.4, 0.5) is 8.78 Å². The maximum absolute atomic E-state index is 13.7. The van der Waals surface area contributed by atoms with E-state index < -0.39 is 11.6 Å². The molecule has 0 saturated carbocycles. The van der Waals surface area contributed by atoms with Crippen molar-refractivity contribution in [3.63, 3.8) is 0 Å². The Balaban J connectivity index is 1.79. The number of halogens is 2. The lowest BCUT2D eigenvalue weighted by atomic mass is 10.2. The van der Waals surface area contributed by atoms with Crippen molar-refractivity contribution in [2.24, 2.45) is 0 Å². The molecule has 2 heterocycles. The highest BCUT2D eigenvalue weighted by Gasteiger charge is 2.04. The summed E-state index contributed by atoms with van der Waals surface area (Å²) >= 11 is 2.72. The molecule has 0 unspecified atom stereocenters. The molecule has 0 radical (unpaired) electrons. The Morgan fingerprint density at radius 3 is 2.68 bits per heavy atom. The second-order valence-electron chi connectivity index (χ2n) is 5.26. The normalized spacial score (nSPS) is 13.0. The Hall–Kier alpha value is -2.64. The molecule has 7 heteroatoms. The highest BCUT2D eigenvalue weighted by Crippen LogP contribution is 2.21. The highest BCUT2D eigenvalue weighted by molar-refractivity contribution is 7.19. The van der Waals surface area contributed by atoms with Crippen LogP contribution in [0.1, 0.15) is 10.6 Å². The second kappa shape index (κ2) is 6.34. The minimum Gasteiger partial charge on any atom is -0.313 e. The van der Waals surface area contributed by atoms with E-state index in [1.54, 1.807) is 6.08 Å². The van der Waals surface area contributed by atoms with Crippen LogP contribution in [-0.2, 0) is 0 Å². The molecule has 124 valence electrons. The number of aromatic amines is 1. The summed E-state index contributed by atoms with van der Waals surface area (Å²) < 4.78 is 28.7. The quantitative estimate of drug-likeness (QED) is 0.588. The Morgan fingerprint density at radius 2 is 1.88 bits per heavy atom. The van der Waals surface area contributed by atoms with Gasteiger partial charge in [0.2, 0.25) is 0 Å². The van der Waals surface area contributed by atoms with Crippen LogP contribution in [0.5, 0.6) is 0 Å². The van der Waals surface area contributed by atoms with Crippen molar-refractivity contribution in [1.82, 2.24) is 9.97 Å². The van der Waals surface area contributed by atoms with Crippen molar-refractivity contribution in [3.05, 3.63) is 84.2 Å². The third-order valence-electron chi connectivity index (χ3n) is 3.49. The van der Waals surface area contributed by atoms with E-state index in [-0.39, 0.29) is 11.1 Å². The number of nitrogens with zero attached hydrogens (tertiary/aromatic N) is 1. The molecule has 0 aliphatic heterocycles. The van der Waals surface area contributed by atoms with Gasteiger partial charge in [-0.05, 0) is 30.3 Å². The molecule has 2 aromatic carbocycles. The zero-order valence-corrected chi connectivity index (χ0v) is 14.3. The highest BCUT2D eigenvalue weighted by atomic mass is 32.1. The Bertz CT molecular complexity index is 1220. The van der Waals surface area contributed by atoms with Crippen molar-refractivity contribution >= 4 is 45.0 Å². The van der Waals surface area contributed by atoms with Crippen molar-refractivity contribution in [1.29, 1.82) is 0 Å². The molecule has 2 aromatic heterocycles. The Kier molecular flexibility index (Phi) is 4.03. The van der Waals surface area contributed by atoms with E-state index in [1.165, 1.54) is 34.8 Å². The van der Waals surface area contributed by atoms with Gasteiger partial charge in [0, 0.05) is 17.7 Å². The zero-order valence-electron chi connectivity index (χ0n) is 12.6. The van der Waals surface area contributed by atoms with Crippen molar-refractivity contribution in [2.45, 2.75) is 0 Å². The standard InChI is InChI=1S/C18H10F2N2OS2/c19-11-6-5-10(12(20)8-11)7-15-18(23)22-17(25-15)9-16-21-13-3-1-2-4-14(13)24-16/h1-9H,(H,22,23)/b15-7-,17-9+. The SMILES string of the molecule is O=c1[nH]/c(=C\c2nc3ccccc3s2)s/c1=C\c1ccc(F)cc1F. The molecule has 3 nitrogen and oxygen atoms in total. The van der Waals surface area contributed by atoms with E-state index in [0.29, 0.717) is 9.20 Å². The fourth-order valence-electron chi connectivity index (χ4n) is 2.35. The van der Waals surface area contributed by atoms with E-state index in [2.05, 4.69) is 9.97 Å². The summed E-state index contributed by atoms with van der Waals surface area (Å²) in [6.45, 7) is 0. The molecular formula is C18H10F2N2OS2. The predicted molar refractivity (Wildman–Crippen MR) is 97.3 cm³/mol. The zero-order chi connectivity index (χ0) is 17.4. The summed E-state index contributed by atoms with van der Waals surface area (Å²) in [6, 6.07) is 11.0. The van der Waals surface area contributed by atoms with Gasteiger partial charge in [0.25, 0.3) is 5.56 Å². The molecule has 25 heavy (non-hydrogen) atoms. The van der Waals surface area contributed by atoms with Crippen molar-refractivity contribution in [2.75, 3.05) is 0 Å². The molecule has 0 aliphatic rings. The summed E-state index contributed by atoms with van der Waals surface area (Å²) in [5, 5.41) is 0.776. The third kappa shape index (κ3) is 3.29. The van der Waals surface area contributed by atoms with Gasteiger partial charge in [-0.1, -0.05) is 12.1 Å². The van der Waals surface area contributed by atoms with Gasteiger partial charge in [0.1, 0.15) is 16.6 Å². The third-order valence-corrected chi connectivity index (χ3v) is 5.44. The summed E-state index contributed by atoms with van der Waals surface area (Å²) in [7, 11) is 0. The average molecular weight is 372 g/mol. The summed E-state index contributed by atoms with van der Waals surface area (Å²) in [6.07, 6.45) is 3.20. The number of rotatable bonds is 2. The van der Waals surface area contributed by atoms with E-state index in [1.807, 2.05) is 24.3 Å². The lowest BCUT2D eigenvalue weighted by Gasteiger charge is -1.94. The Labute approximate surface area is 148 Å². The fourth-order valence-corrected chi connectivity index (χ4v) is 4.21. The van der Waals surface area contributed by atoms with Crippen LogP contribution in [0.15, 0.2) is 47.3 Å². The lowest BCUT2D eigenvalue weighted by Crippen LogP contribution is -2.20. The summed E-state index contributed by atoms with van der Waals surface area (Å²) in [4.78, 5) is 19.3. The fraction of sp³-hybridized carbons (Fsp3) is 0. The van der Waals surface area contributed by atoms with Crippen LogP contribution < -0.4 is 14.8 Å². The van der Waals surface area contributed by atoms with Gasteiger partial charge in [-0.3, -0.25) is 4.79 Å². The maximum atomic E-state index is 13.7. The summed E-state index contributed by atoms with van der Waals surface area (Å²) in [5.41, 5.74) is 0.749. The van der Waals surface area contributed by atoms with Gasteiger partial charge in [-0.15, -0.1) is 22.7 Å². The molecule has 0 bridgehead atoms. The van der Waals surface area contributed by atoms with Crippen LogP contribution in [0.3, 0.4) is 0 Å². The van der Waals surface area contributed by atoms with E-state index >= 15 is 0 Å². The number of benzene rings is 2. The van der Waals surface area contributed by atoms with E-state index in [4.69, 9.17) is 0 Å². The van der Waals surface area contributed by atoms with Gasteiger partial charge >= 0.3 is 0 Å². The Morgan fingerprint density at radius 1 is 1.04 bits per heavy atom. The van der Waals surface area contributed by atoms with Gasteiger partial charge in [0.15, 0.2) is 0 Å².